The van der Waals surface area contributed by atoms with Gasteiger partial charge in [0.1, 0.15) is 0 Å². The molecule has 0 aliphatic rings. The Bertz CT molecular complexity index is 73.3. The molecule has 0 aromatic heterocycles. The van der Waals surface area contributed by atoms with E-state index in [-0.39, 0.29) is 12.6 Å². The van der Waals surface area contributed by atoms with Gasteiger partial charge in [0.25, 0.3) is 0 Å². The predicted molar refractivity (Wildman–Crippen MR) is 39.1 cm³/mol. The Morgan fingerprint density at radius 2 is 1.78 bits per heavy atom. The predicted octanol–water partition coefficient (Wildman–Crippen LogP) is 0.598. The largest absolute Gasteiger partial charge is 0.395 e. The topological polar surface area (TPSA) is 46.2 Å². The summed E-state index contributed by atoms with van der Waals surface area (Å²) >= 11 is 0. The maximum Gasteiger partial charge on any atom is 0.0585 e. The van der Waals surface area contributed by atoms with Crippen LogP contribution in [-0.2, 0) is 0 Å². The second-order valence-electron chi connectivity index (χ2n) is 2.95. The molecular formula is C7H17NO. The normalized spacial score (nSPS) is 18.0. The molecule has 0 aromatic carbocycles. The van der Waals surface area contributed by atoms with Crippen LogP contribution >= 0.6 is 0 Å². The third kappa shape index (κ3) is 2.82. The molecular weight excluding hydrogens is 114 g/mol. The fourth-order valence-electron chi connectivity index (χ4n) is 0.661. The van der Waals surface area contributed by atoms with Crippen molar-refractivity contribution < 1.29 is 5.11 Å². The minimum absolute atomic E-state index is 0.0509. The Balaban J connectivity index is 3.58. The van der Waals surface area contributed by atoms with Gasteiger partial charge in [-0.1, -0.05) is 20.8 Å². The van der Waals surface area contributed by atoms with Crippen LogP contribution in [0.5, 0.6) is 0 Å². The van der Waals surface area contributed by atoms with Crippen molar-refractivity contribution in [1.82, 2.24) is 0 Å². The fourth-order valence-corrected chi connectivity index (χ4v) is 0.661. The van der Waals surface area contributed by atoms with E-state index >= 15 is 0 Å². The zero-order chi connectivity index (χ0) is 7.44. The second-order valence-corrected chi connectivity index (χ2v) is 2.95. The minimum Gasteiger partial charge on any atom is -0.395 e. The number of aliphatic hydroxyl groups excluding tert-OH is 1. The average molecular weight is 131 g/mol. The number of aliphatic hydroxyl groups is 1. The van der Waals surface area contributed by atoms with Crippen molar-refractivity contribution >= 4 is 0 Å². The van der Waals surface area contributed by atoms with Gasteiger partial charge in [-0.3, -0.25) is 0 Å². The molecule has 0 saturated heterocycles. The summed E-state index contributed by atoms with van der Waals surface area (Å²) in [5.74, 6) is 0.974. The highest BCUT2D eigenvalue weighted by atomic mass is 16.3. The van der Waals surface area contributed by atoms with Crippen molar-refractivity contribution in [3.8, 4) is 0 Å². The van der Waals surface area contributed by atoms with E-state index in [4.69, 9.17) is 10.8 Å². The maximum absolute atomic E-state index is 8.63. The molecule has 0 saturated carbocycles. The van der Waals surface area contributed by atoms with Crippen molar-refractivity contribution in [2.45, 2.75) is 26.8 Å². The summed E-state index contributed by atoms with van der Waals surface area (Å²) in [7, 11) is 0. The van der Waals surface area contributed by atoms with E-state index in [0.29, 0.717) is 11.8 Å². The fraction of sp³-hybridized carbons (Fsp3) is 1.00. The van der Waals surface area contributed by atoms with Gasteiger partial charge >= 0.3 is 0 Å². The van der Waals surface area contributed by atoms with Gasteiger partial charge in [0.2, 0.25) is 0 Å². The van der Waals surface area contributed by atoms with Gasteiger partial charge < -0.3 is 10.8 Å². The molecule has 0 aliphatic carbocycles. The molecule has 2 atom stereocenters. The van der Waals surface area contributed by atoms with E-state index in [0.717, 1.165) is 0 Å². The van der Waals surface area contributed by atoms with Crippen molar-refractivity contribution in [3.05, 3.63) is 0 Å². The standard InChI is InChI=1S/C7H17NO/c1-5(2)6(3)7(8)4-9/h5-7,9H,4,8H2,1-3H3/t6?,7-/m0/s1. The first-order valence-electron chi connectivity index (χ1n) is 3.46. The Morgan fingerprint density at radius 3 is 1.89 bits per heavy atom. The van der Waals surface area contributed by atoms with Crippen LogP contribution in [0.15, 0.2) is 0 Å². The zero-order valence-corrected chi connectivity index (χ0v) is 6.46. The lowest BCUT2D eigenvalue weighted by Gasteiger charge is -2.20. The van der Waals surface area contributed by atoms with E-state index < -0.39 is 0 Å². The van der Waals surface area contributed by atoms with E-state index in [1.54, 1.807) is 0 Å². The van der Waals surface area contributed by atoms with Crippen molar-refractivity contribution in [3.63, 3.8) is 0 Å². The van der Waals surface area contributed by atoms with Crippen molar-refractivity contribution in [1.29, 1.82) is 0 Å². The monoisotopic (exact) mass is 131 g/mol. The summed E-state index contributed by atoms with van der Waals surface area (Å²) in [6, 6.07) is -0.0509. The molecule has 0 aliphatic heterocycles. The minimum atomic E-state index is -0.0509. The van der Waals surface area contributed by atoms with Gasteiger partial charge in [-0.05, 0) is 11.8 Å². The molecule has 56 valence electrons. The van der Waals surface area contributed by atoms with Crippen LogP contribution in [0.25, 0.3) is 0 Å². The first-order valence-corrected chi connectivity index (χ1v) is 3.46. The van der Waals surface area contributed by atoms with Gasteiger partial charge in [0, 0.05) is 6.04 Å². The number of rotatable bonds is 3. The summed E-state index contributed by atoms with van der Waals surface area (Å²) in [5, 5.41) is 8.63. The van der Waals surface area contributed by atoms with Crippen LogP contribution in [-0.4, -0.2) is 17.8 Å². The molecule has 0 bridgehead atoms. The summed E-state index contributed by atoms with van der Waals surface area (Å²) in [6.07, 6.45) is 0. The SMILES string of the molecule is CC(C)C(C)[C@@H](N)CO. The molecule has 3 N–H and O–H groups in total. The first kappa shape index (κ1) is 8.92. The number of hydrogen-bond donors (Lipinski definition) is 2. The van der Waals surface area contributed by atoms with E-state index in [2.05, 4.69) is 20.8 Å². The lowest BCUT2D eigenvalue weighted by Crippen LogP contribution is -2.34. The molecule has 0 rings (SSSR count). The smallest absolute Gasteiger partial charge is 0.0585 e. The summed E-state index contributed by atoms with van der Waals surface area (Å²) in [5.41, 5.74) is 5.57. The quantitative estimate of drug-likeness (QED) is 0.589. The van der Waals surface area contributed by atoms with E-state index in [1.165, 1.54) is 0 Å². The molecule has 0 spiro atoms. The average Bonchev–Trinajstić information content (AvgIpc) is 1.84. The van der Waals surface area contributed by atoms with Gasteiger partial charge in [0.15, 0.2) is 0 Å². The third-order valence-electron chi connectivity index (χ3n) is 1.94. The molecule has 2 nitrogen and oxygen atoms in total. The second kappa shape index (κ2) is 3.85. The maximum atomic E-state index is 8.63. The Hall–Kier alpha value is -0.0800. The van der Waals surface area contributed by atoms with E-state index in [9.17, 15) is 0 Å². The van der Waals surface area contributed by atoms with Gasteiger partial charge in [-0.15, -0.1) is 0 Å². The van der Waals surface area contributed by atoms with Gasteiger partial charge in [-0.25, -0.2) is 0 Å². The molecule has 9 heavy (non-hydrogen) atoms. The van der Waals surface area contributed by atoms with Crippen LogP contribution in [0.3, 0.4) is 0 Å². The van der Waals surface area contributed by atoms with Crippen LogP contribution in [0.2, 0.25) is 0 Å². The van der Waals surface area contributed by atoms with Crippen molar-refractivity contribution in [2.75, 3.05) is 6.61 Å². The lowest BCUT2D eigenvalue weighted by atomic mass is 9.91. The molecule has 0 fully saturated rings. The van der Waals surface area contributed by atoms with Gasteiger partial charge in [-0.2, -0.15) is 0 Å². The van der Waals surface area contributed by atoms with Crippen LogP contribution < -0.4 is 5.73 Å². The Kier molecular flexibility index (Phi) is 3.82. The molecule has 0 heterocycles. The Labute approximate surface area is 57.1 Å². The first-order chi connectivity index (χ1) is 4.09. The molecule has 0 amide bonds. The number of hydrogen-bond acceptors (Lipinski definition) is 2. The van der Waals surface area contributed by atoms with Gasteiger partial charge in [0.05, 0.1) is 6.61 Å². The highest BCUT2D eigenvalue weighted by molar-refractivity contribution is 4.69. The summed E-state index contributed by atoms with van der Waals surface area (Å²) in [4.78, 5) is 0. The molecule has 0 aromatic rings. The highest BCUT2D eigenvalue weighted by Gasteiger charge is 2.14. The molecule has 2 heteroatoms. The van der Waals surface area contributed by atoms with E-state index in [1.807, 2.05) is 0 Å². The third-order valence-corrected chi connectivity index (χ3v) is 1.94. The van der Waals surface area contributed by atoms with Crippen LogP contribution in [0, 0.1) is 11.8 Å². The molecule has 1 unspecified atom stereocenters. The van der Waals surface area contributed by atoms with Crippen molar-refractivity contribution in [2.24, 2.45) is 17.6 Å². The summed E-state index contributed by atoms with van der Waals surface area (Å²) < 4.78 is 0. The zero-order valence-electron chi connectivity index (χ0n) is 6.46. The summed E-state index contributed by atoms with van der Waals surface area (Å²) in [6.45, 7) is 6.38. The van der Waals surface area contributed by atoms with Crippen LogP contribution in [0.4, 0.5) is 0 Å². The highest BCUT2D eigenvalue weighted by Crippen LogP contribution is 2.11. The Morgan fingerprint density at radius 1 is 1.33 bits per heavy atom. The lowest BCUT2D eigenvalue weighted by molar-refractivity contribution is 0.209. The molecule has 0 radical (unpaired) electrons. The van der Waals surface area contributed by atoms with Crippen LogP contribution in [0.1, 0.15) is 20.8 Å². The number of nitrogens with two attached hydrogens (primary N) is 1.